The Morgan fingerprint density at radius 1 is 0.724 bits per heavy atom. The molecule has 0 radical (unpaired) electrons. The number of hydrogen-bond acceptors (Lipinski definition) is 9. The predicted octanol–water partition coefficient (Wildman–Crippen LogP) is -0.973. The lowest BCUT2D eigenvalue weighted by Crippen LogP contribution is -2.36. The number of aromatic nitrogens is 3. The Labute approximate surface area is 165 Å². The Morgan fingerprint density at radius 2 is 1.14 bits per heavy atom. The van der Waals surface area contributed by atoms with Crippen molar-refractivity contribution in [2.45, 2.75) is 34.6 Å². The van der Waals surface area contributed by atoms with E-state index in [0.29, 0.717) is 0 Å². The van der Waals surface area contributed by atoms with Gasteiger partial charge < -0.3 is 5.32 Å². The minimum Gasteiger partial charge on any atom is -0.348 e. The van der Waals surface area contributed by atoms with Crippen LogP contribution in [0.4, 0.5) is 17.8 Å². The predicted molar refractivity (Wildman–Crippen MR) is 99.5 cm³/mol. The summed E-state index contributed by atoms with van der Waals surface area (Å²) in [7, 11) is 0. The molecule has 4 amide bonds. The van der Waals surface area contributed by atoms with Crippen LogP contribution in [-0.2, 0) is 28.8 Å². The van der Waals surface area contributed by atoms with Gasteiger partial charge in [0.05, 0.1) is 0 Å². The van der Waals surface area contributed by atoms with E-state index in [4.69, 9.17) is 0 Å². The number of likely N-dealkylation sites (N-methyl/N-ethyl adjacent to an activating group) is 1. The molecule has 0 aliphatic carbocycles. The number of hydrogen-bond donors (Lipinski definition) is 4. The topological polar surface area (TPSA) is 189 Å². The lowest BCUT2D eigenvalue weighted by atomic mass is 9.90. The van der Waals surface area contributed by atoms with Gasteiger partial charge in [0.2, 0.25) is 29.4 Å². The van der Waals surface area contributed by atoms with Crippen molar-refractivity contribution >= 4 is 53.0 Å². The van der Waals surface area contributed by atoms with Crippen molar-refractivity contribution in [2.24, 2.45) is 5.41 Å². The largest absolute Gasteiger partial charge is 0.348 e. The van der Waals surface area contributed by atoms with Crippen molar-refractivity contribution in [3.63, 3.8) is 0 Å². The summed E-state index contributed by atoms with van der Waals surface area (Å²) in [5.41, 5.74) is -0.988. The van der Waals surface area contributed by atoms with E-state index in [9.17, 15) is 28.8 Å². The first-order valence-electron chi connectivity index (χ1n) is 8.38. The summed E-state index contributed by atoms with van der Waals surface area (Å²) in [6.45, 7) is 7.37. The van der Waals surface area contributed by atoms with Gasteiger partial charge in [0, 0.05) is 18.9 Å². The van der Waals surface area contributed by atoms with Crippen molar-refractivity contribution in [3.05, 3.63) is 0 Å². The summed E-state index contributed by atoms with van der Waals surface area (Å²) in [6.07, 6.45) is 0. The van der Waals surface area contributed by atoms with E-state index in [1.54, 1.807) is 6.92 Å². The molecule has 0 atom stereocenters. The molecule has 0 saturated carbocycles. The number of rotatable bonds is 6. The van der Waals surface area contributed by atoms with Gasteiger partial charge in [0.15, 0.2) is 0 Å². The van der Waals surface area contributed by atoms with Crippen LogP contribution < -0.4 is 21.3 Å². The minimum absolute atomic E-state index is 0.194. The second-order valence-electron chi connectivity index (χ2n) is 6.66. The lowest BCUT2D eigenvalue weighted by Gasteiger charge is -2.15. The van der Waals surface area contributed by atoms with Gasteiger partial charge in [0.1, 0.15) is 0 Å². The Hall–Kier alpha value is -3.77. The minimum atomic E-state index is -1.12. The van der Waals surface area contributed by atoms with Crippen LogP contribution in [0.3, 0.4) is 0 Å². The molecule has 0 spiro atoms. The average molecular weight is 407 g/mol. The molecule has 0 aliphatic heterocycles. The van der Waals surface area contributed by atoms with Crippen LogP contribution in [0.25, 0.3) is 0 Å². The van der Waals surface area contributed by atoms with Gasteiger partial charge >= 0.3 is 11.8 Å². The van der Waals surface area contributed by atoms with Crippen molar-refractivity contribution in [1.82, 2.24) is 20.3 Å². The molecular weight excluding hydrogens is 386 g/mol. The first-order valence-corrected chi connectivity index (χ1v) is 8.38. The van der Waals surface area contributed by atoms with Gasteiger partial charge in [-0.25, -0.2) is 0 Å². The fourth-order valence-corrected chi connectivity index (χ4v) is 1.63. The standard InChI is InChI=1S/C16H21N7O6/c1-6-17-11(28)12(29)20-15-22-13(18-9(26)7(2)24)21-14(23-15)19-10(27)8(25)16(3,4)5/h6H2,1-5H3,(H,17,28)(H3,18,19,20,21,22,23,26,27,29). The summed E-state index contributed by atoms with van der Waals surface area (Å²) in [4.78, 5) is 81.2. The third-order valence-corrected chi connectivity index (χ3v) is 3.06. The molecule has 29 heavy (non-hydrogen) atoms. The molecule has 1 heterocycles. The zero-order chi connectivity index (χ0) is 22.4. The summed E-state index contributed by atoms with van der Waals surface area (Å²) in [5.74, 6) is -7.34. The Morgan fingerprint density at radius 3 is 1.52 bits per heavy atom. The summed E-state index contributed by atoms with van der Waals surface area (Å²) < 4.78 is 0. The number of amides is 4. The van der Waals surface area contributed by atoms with E-state index in [2.05, 4.69) is 30.9 Å². The molecule has 13 heteroatoms. The van der Waals surface area contributed by atoms with Crippen LogP contribution in [-0.4, -0.2) is 56.7 Å². The van der Waals surface area contributed by atoms with Crippen LogP contribution >= 0.6 is 0 Å². The Balaban J connectivity index is 3.19. The second kappa shape index (κ2) is 9.43. The van der Waals surface area contributed by atoms with Crippen LogP contribution in [0.2, 0.25) is 0 Å². The zero-order valence-electron chi connectivity index (χ0n) is 16.5. The molecule has 0 aromatic carbocycles. The first kappa shape index (κ1) is 23.3. The Bertz CT molecular complexity index is 875. The third-order valence-electron chi connectivity index (χ3n) is 3.06. The number of ketones is 2. The maximum Gasteiger partial charge on any atom is 0.316 e. The summed E-state index contributed by atoms with van der Waals surface area (Å²) >= 11 is 0. The van der Waals surface area contributed by atoms with Crippen LogP contribution in [0.5, 0.6) is 0 Å². The molecular formula is C16H21N7O6. The van der Waals surface area contributed by atoms with Crippen LogP contribution in [0.1, 0.15) is 34.6 Å². The highest BCUT2D eigenvalue weighted by Crippen LogP contribution is 2.16. The lowest BCUT2D eigenvalue weighted by molar-refractivity contribution is -0.139. The fraction of sp³-hybridized carbons (Fsp3) is 0.438. The fourth-order valence-electron chi connectivity index (χ4n) is 1.63. The van der Waals surface area contributed by atoms with E-state index in [0.717, 1.165) is 6.92 Å². The van der Waals surface area contributed by atoms with E-state index in [-0.39, 0.29) is 6.54 Å². The highest BCUT2D eigenvalue weighted by Gasteiger charge is 2.29. The number of anilines is 3. The molecule has 1 rings (SSSR count). The smallest absolute Gasteiger partial charge is 0.316 e. The van der Waals surface area contributed by atoms with E-state index < -0.39 is 58.5 Å². The van der Waals surface area contributed by atoms with Crippen LogP contribution in [0, 0.1) is 5.41 Å². The van der Waals surface area contributed by atoms with E-state index in [1.807, 2.05) is 5.32 Å². The monoisotopic (exact) mass is 407 g/mol. The van der Waals surface area contributed by atoms with Gasteiger partial charge in [-0.3, -0.25) is 44.7 Å². The van der Waals surface area contributed by atoms with Gasteiger partial charge in [0.25, 0.3) is 11.8 Å². The quantitative estimate of drug-likeness (QED) is 0.430. The number of nitrogens with zero attached hydrogens (tertiary/aromatic N) is 3. The number of carbonyl (C=O) groups is 6. The average Bonchev–Trinajstić information content (AvgIpc) is 2.59. The van der Waals surface area contributed by atoms with E-state index in [1.165, 1.54) is 20.8 Å². The SMILES string of the molecule is CCNC(=O)C(=O)Nc1nc(NC(=O)C(C)=O)nc(NC(=O)C(=O)C(C)(C)C)n1. The molecule has 1 aromatic rings. The van der Waals surface area contributed by atoms with Crippen molar-refractivity contribution < 1.29 is 28.8 Å². The van der Waals surface area contributed by atoms with Crippen molar-refractivity contribution in [1.29, 1.82) is 0 Å². The molecule has 13 nitrogen and oxygen atoms in total. The highest BCUT2D eigenvalue weighted by atomic mass is 16.2. The first-order chi connectivity index (χ1) is 13.3. The summed E-state index contributed by atoms with van der Waals surface area (Å²) in [5, 5.41) is 8.48. The zero-order valence-corrected chi connectivity index (χ0v) is 16.5. The number of Topliss-reactive ketones (excluding diaryl/α,β-unsaturated/α-hetero) is 2. The molecule has 0 unspecified atom stereocenters. The van der Waals surface area contributed by atoms with Crippen molar-refractivity contribution in [3.8, 4) is 0 Å². The molecule has 0 fully saturated rings. The molecule has 0 saturated heterocycles. The van der Waals surface area contributed by atoms with Gasteiger partial charge in [-0.15, -0.1) is 0 Å². The van der Waals surface area contributed by atoms with Gasteiger partial charge in [-0.2, -0.15) is 15.0 Å². The molecule has 156 valence electrons. The Kier molecular flexibility index (Phi) is 7.57. The molecule has 1 aromatic heterocycles. The van der Waals surface area contributed by atoms with E-state index >= 15 is 0 Å². The number of carbonyl (C=O) groups excluding carboxylic acids is 6. The third kappa shape index (κ3) is 7.04. The maximum absolute atomic E-state index is 12.1. The second-order valence-corrected chi connectivity index (χ2v) is 6.66. The van der Waals surface area contributed by atoms with Crippen LogP contribution in [0.15, 0.2) is 0 Å². The maximum atomic E-state index is 12.1. The van der Waals surface area contributed by atoms with Gasteiger partial charge in [-0.05, 0) is 6.92 Å². The molecule has 4 N–H and O–H groups in total. The summed E-state index contributed by atoms with van der Waals surface area (Å²) in [6, 6.07) is 0. The van der Waals surface area contributed by atoms with Crippen molar-refractivity contribution in [2.75, 3.05) is 22.5 Å². The number of nitrogens with one attached hydrogen (secondary N) is 4. The van der Waals surface area contributed by atoms with Gasteiger partial charge in [-0.1, -0.05) is 20.8 Å². The molecule has 0 bridgehead atoms. The highest BCUT2D eigenvalue weighted by molar-refractivity contribution is 6.42. The normalized spacial score (nSPS) is 10.5. The molecule has 0 aliphatic rings.